The minimum atomic E-state index is 0.220. The first kappa shape index (κ1) is 13.6. The van der Waals surface area contributed by atoms with Gasteiger partial charge in [0.05, 0.1) is 0 Å². The molecular formula is C17H24N2O. The Kier molecular flexibility index (Phi) is 3.55. The van der Waals surface area contributed by atoms with E-state index in [1.807, 2.05) is 12.1 Å². The number of fused-ring (bicyclic) bond motifs is 1. The normalized spacial score (nSPS) is 28.8. The summed E-state index contributed by atoms with van der Waals surface area (Å²) in [7, 11) is 0. The molecule has 0 aromatic heterocycles. The second-order valence-electron chi connectivity index (χ2n) is 6.39. The van der Waals surface area contributed by atoms with E-state index in [0.29, 0.717) is 17.9 Å². The second kappa shape index (κ2) is 5.21. The predicted octanol–water partition coefficient (Wildman–Crippen LogP) is 2.37. The average Bonchev–Trinajstić information content (AvgIpc) is 2.96. The van der Waals surface area contributed by atoms with E-state index in [2.05, 4.69) is 37.1 Å². The summed E-state index contributed by atoms with van der Waals surface area (Å²) in [6, 6.07) is 6.57. The van der Waals surface area contributed by atoms with Crippen LogP contribution >= 0.6 is 0 Å². The molecule has 3 unspecified atom stereocenters. The molecule has 108 valence electrons. The van der Waals surface area contributed by atoms with Crippen molar-refractivity contribution in [1.29, 1.82) is 0 Å². The van der Waals surface area contributed by atoms with Crippen LogP contribution in [0.25, 0.3) is 0 Å². The summed E-state index contributed by atoms with van der Waals surface area (Å²) in [5, 5.41) is 3.47. The van der Waals surface area contributed by atoms with Gasteiger partial charge >= 0.3 is 0 Å². The molecule has 0 saturated carbocycles. The van der Waals surface area contributed by atoms with Crippen LogP contribution in [-0.2, 0) is 0 Å². The summed E-state index contributed by atoms with van der Waals surface area (Å²) >= 11 is 0. The first-order chi connectivity index (χ1) is 9.60. The Morgan fingerprint density at radius 3 is 2.60 bits per heavy atom. The van der Waals surface area contributed by atoms with Crippen molar-refractivity contribution in [2.75, 3.05) is 19.6 Å². The highest BCUT2D eigenvalue weighted by atomic mass is 16.2. The smallest absolute Gasteiger partial charge is 0.254 e. The molecule has 3 rings (SSSR count). The van der Waals surface area contributed by atoms with E-state index >= 15 is 0 Å². The lowest BCUT2D eigenvalue weighted by Crippen LogP contribution is -2.39. The Bertz CT molecular complexity index is 505. The minimum absolute atomic E-state index is 0.220. The van der Waals surface area contributed by atoms with Gasteiger partial charge in [-0.1, -0.05) is 24.1 Å². The van der Waals surface area contributed by atoms with Crippen LogP contribution in [0.4, 0.5) is 0 Å². The molecule has 3 nitrogen and oxygen atoms in total. The summed E-state index contributed by atoms with van der Waals surface area (Å²) in [6.07, 6.45) is 1.05. The third-order valence-corrected chi connectivity index (χ3v) is 4.87. The lowest BCUT2D eigenvalue weighted by molar-refractivity contribution is 0.0711. The van der Waals surface area contributed by atoms with Gasteiger partial charge in [0.2, 0.25) is 0 Å². The number of nitrogens with zero attached hydrogens (tertiary/aromatic N) is 1. The van der Waals surface area contributed by atoms with Gasteiger partial charge in [-0.15, -0.1) is 0 Å². The summed E-state index contributed by atoms with van der Waals surface area (Å²) in [4.78, 5) is 15.0. The van der Waals surface area contributed by atoms with Gasteiger partial charge in [-0.2, -0.15) is 0 Å². The maximum atomic E-state index is 12.9. The fraction of sp³-hybridized carbons (Fsp3) is 0.588. The van der Waals surface area contributed by atoms with Crippen molar-refractivity contribution in [3.8, 4) is 0 Å². The standard InChI is InChI=1S/C17H24N2O/c1-4-16-15-9-18-8-14(15)10-19(16)17(20)13-6-11(2)5-12(3)7-13/h5-7,14-16,18H,4,8-10H2,1-3H3. The first-order valence-electron chi connectivity index (χ1n) is 7.70. The average molecular weight is 272 g/mol. The number of hydrogen-bond donors (Lipinski definition) is 1. The van der Waals surface area contributed by atoms with Gasteiger partial charge in [0, 0.05) is 31.2 Å². The van der Waals surface area contributed by atoms with Gasteiger partial charge in [0.1, 0.15) is 0 Å². The molecule has 2 aliphatic heterocycles. The van der Waals surface area contributed by atoms with Crippen molar-refractivity contribution in [3.63, 3.8) is 0 Å². The Balaban J connectivity index is 1.86. The van der Waals surface area contributed by atoms with Gasteiger partial charge in [-0.3, -0.25) is 4.79 Å². The third kappa shape index (κ3) is 2.24. The number of rotatable bonds is 2. The number of amides is 1. The predicted molar refractivity (Wildman–Crippen MR) is 80.9 cm³/mol. The Morgan fingerprint density at radius 2 is 1.95 bits per heavy atom. The van der Waals surface area contributed by atoms with Crippen molar-refractivity contribution < 1.29 is 4.79 Å². The lowest BCUT2D eigenvalue weighted by atomic mass is 9.93. The van der Waals surface area contributed by atoms with E-state index in [9.17, 15) is 4.79 Å². The third-order valence-electron chi connectivity index (χ3n) is 4.87. The quantitative estimate of drug-likeness (QED) is 0.896. The molecule has 1 aromatic carbocycles. The molecule has 1 amide bonds. The van der Waals surface area contributed by atoms with Crippen LogP contribution in [0.3, 0.4) is 0 Å². The number of carbonyl (C=O) groups is 1. The highest BCUT2D eigenvalue weighted by Gasteiger charge is 2.45. The fourth-order valence-electron chi connectivity index (χ4n) is 4.04. The molecule has 2 heterocycles. The molecule has 1 aromatic rings. The van der Waals surface area contributed by atoms with Crippen LogP contribution in [0.5, 0.6) is 0 Å². The Morgan fingerprint density at radius 1 is 1.25 bits per heavy atom. The van der Waals surface area contributed by atoms with Gasteiger partial charge in [-0.05, 0) is 44.2 Å². The molecule has 3 atom stereocenters. The lowest BCUT2D eigenvalue weighted by Gasteiger charge is -2.27. The van der Waals surface area contributed by atoms with Crippen molar-refractivity contribution in [2.24, 2.45) is 11.8 Å². The molecule has 0 bridgehead atoms. The van der Waals surface area contributed by atoms with Gasteiger partial charge in [0.25, 0.3) is 5.91 Å². The van der Waals surface area contributed by atoms with Gasteiger partial charge in [-0.25, -0.2) is 0 Å². The molecule has 2 fully saturated rings. The Labute approximate surface area is 121 Å². The van der Waals surface area contributed by atoms with E-state index in [1.54, 1.807) is 0 Å². The van der Waals surface area contributed by atoms with Crippen LogP contribution in [0.1, 0.15) is 34.8 Å². The van der Waals surface area contributed by atoms with E-state index in [-0.39, 0.29) is 5.91 Å². The van der Waals surface area contributed by atoms with Gasteiger partial charge < -0.3 is 10.2 Å². The van der Waals surface area contributed by atoms with E-state index < -0.39 is 0 Å². The highest BCUT2D eigenvalue weighted by molar-refractivity contribution is 5.95. The van der Waals surface area contributed by atoms with E-state index in [0.717, 1.165) is 31.6 Å². The summed E-state index contributed by atoms with van der Waals surface area (Å²) in [5.41, 5.74) is 3.19. The van der Waals surface area contributed by atoms with Crippen molar-refractivity contribution in [3.05, 3.63) is 34.9 Å². The minimum Gasteiger partial charge on any atom is -0.335 e. The SMILES string of the molecule is CCC1C2CNCC2CN1C(=O)c1cc(C)cc(C)c1. The maximum absolute atomic E-state index is 12.9. The zero-order valence-corrected chi connectivity index (χ0v) is 12.6. The number of aryl methyl sites for hydroxylation is 2. The molecular weight excluding hydrogens is 248 g/mol. The molecule has 0 spiro atoms. The molecule has 3 heteroatoms. The van der Waals surface area contributed by atoms with Crippen molar-refractivity contribution in [1.82, 2.24) is 10.2 Å². The number of benzene rings is 1. The van der Waals surface area contributed by atoms with Crippen LogP contribution in [0.15, 0.2) is 18.2 Å². The molecule has 2 aliphatic rings. The maximum Gasteiger partial charge on any atom is 0.254 e. The number of hydrogen-bond acceptors (Lipinski definition) is 2. The molecule has 0 aliphatic carbocycles. The first-order valence-corrected chi connectivity index (χ1v) is 7.70. The van der Waals surface area contributed by atoms with Crippen LogP contribution in [-0.4, -0.2) is 36.5 Å². The monoisotopic (exact) mass is 272 g/mol. The Hall–Kier alpha value is -1.35. The molecule has 0 radical (unpaired) electrons. The van der Waals surface area contributed by atoms with Crippen LogP contribution in [0.2, 0.25) is 0 Å². The highest BCUT2D eigenvalue weighted by Crippen LogP contribution is 2.35. The molecule has 1 N–H and O–H groups in total. The van der Waals surface area contributed by atoms with Gasteiger partial charge in [0.15, 0.2) is 0 Å². The molecule has 2 saturated heterocycles. The van der Waals surface area contributed by atoms with Crippen LogP contribution in [0, 0.1) is 25.7 Å². The molecule has 20 heavy (non-hydrogen) atoms. The van der Waals surface area contributed by atoms with E-state index in [4.69, 9.17) is 0 Å². The van der Waals surface area contributed by atoms with Crippen LogP contribution < -0.4 is 5.32 Å². The zero-order chi connectivity index (χ0) is 14.3. The topological polar surface area (TPSA) is 32.3 Å². The second-order valence-corrected chi connectivity index (χ2v) is 6.39. The van der Waals surface area contributed by atoms with Crippen molar-refractivity contribution in [2.45, 2.75) is 33.2 Å². The zero-order valence-electron chi connectivity index (χ0n) is 12.6. The number of carbonyl (C=O) groups excluding carboxylic acids is 1. The van der Waals surface area contributed by atoms with Crippen molar-refractivity contribution >= 4 is 5.91 Å². The largest absolute Gasteiger partial charge is 0.335 e. The van der Waals surface area contributed by atoms with E-state index in [1.165, 1.54) is 11.1 Å². The number of likely N-dealkylation sites (tertiary alicyclic amines) is 1. The summed E-state index contributed by atoms with van der Waals surface area (Å²) < 4.78 is 0. The summed E-state index contributed by atoms with van der Waals surface area (Å²) in [5.74, 6) is 1.52. The number of nitrogens with one attached hydrogen (secondary N) is 1. The summed E-state index contributed by atoms with van der Waals surface area (Å²) in [6.45, 7) is 9.38. The fourth-order valence-corrected chi connectivity index (χ4v) is 4.04.